The number of nitrogens with two attached hydrogens (primary N) is 1. The third kappa shape index (κ3) is 3.66. The van der Waals surface area contributed by atoms with Crippen molar-refractivity contribution >= 4 is 23.2 Å². The number of hydrogen-bond acceptors (Lipinski definition) is 8. The maximum atomic E-state index is 13.9. The van der Waals surface area contributed by atoms with Gasteiger partial charge in [-0.1, -0.05) is 17.9 Å². The molecule has 0 radical (unpaired) electrons. The second-order valence-corrected chi connectivity index (χ2v) is 10.7. The van der Waals surface area contributed by atoms with Crippen LogP contribution in [0.2, 0.25) is 0 Å². The van der Waals surface area contributed by atoms with Gasteiger partial charge in [0.15, 0.2) is 17.2 Å². The molecule has 0 heterocycles. The molecule has 1 saturated carbocycles. The zero-order valence-electron chi connectivity index (χ0n) is 20.7. The van der Waals surface area contributed by atoms with Crippen molar-refractivity contribution in [3.63, 3.8) is 0 Å². The van der Waals surface area contributed by atoms with Gasteiger partial charge in [-0.3, -0.25) is 14.4 Å². The molecular weight excluding hydrogens is 476 g/mol. The molecule has 0 aromatic heterocycles. The number of allylic oxidation sites excluding steroid dienone is 3. The van der Waals surface area contributed by atoms with E-state index in [0.29, 0.717) is 11.3 Å². The number of fused-ring (bicyclic) bond motifs is 3. The normalized spacial score (nSPS) is 30.5. The number of aliphatic hydroxyl groups excluding tert-OH is 2. The minimum atomic E-state index is -2.52. The summed E-state index contributed by atoms with van der Waals surface area (Å²) in [5.41, 5.74) is 5.10. The van der Waals surface area contributed by atoms with Crippen molar-refractivity contribution in [3.8, 4) is 17.6 Å². The van der Waals surface area contributed by atoms with Crippen LogP contribution in [0.4, 0.5) is 5.69 Å². The number of aliphatic hydroxyl groups is 3. The highest BCUT2D eigenvalue weighted by Crippen LogP contribution is 2.52. The molecule has 194 valence electrons. The largest absolute Gasteiger partial charge is 0.508 e. The summed E-state index contributed by atoms with van der Waals surface area (Å²) in [6.45, 7) is 0. The minimum Gasteiger partial charge on any atom is -0.508 e. The van der Waals surface area contributed by atoms with Gasteiger partial charge >= 0.3 is 0 Å². The zero-order chi connectivity index (χ0) is 26.8. The Hall–Kier alpha value is -3.61. The Morgan fingerprint density at radius 1 is 1.19 bits per heavy atom. The van der Waals surface area contributed by atoms with Crippen LogP contribution in [0.25, 0.3) is 0 Å². The Balaban J connectivity index is 1.66. The van der Waals surface area contributed by atoms with Gasteiger partial charge in [-0.15, -0.1) is 0 Å². The molecule has 0 aliphatic heterocycles. The van der Waals surface area contributed by atoms with Crippen molar-refractivity contribution in [2.45, 2.75) is 50.2 Å². The number of phenols is 1. The number of phenolic OH excluding ortho intramolecular Hbond substituents is 1. The van der Waals surface area contributed by atoms with Crippen molar-refractivity contribution in [2.75, 3.05) is 19.0 Å². The molecule has 0 saturated heterocycles. The number of nitrogens with zero attached hydrogens (tertiary/aromatic N) is 1. The zero-order valence-corrected chi connectivity index (χ0v) is 20.7. The highest BCUT2D eigenvalue weighted by molar-refractivity contribution is 6.16. The quantitative estimate of drug-likeness (QED) is 0.296. The van der Waals surface area contributed by atoms with E-state index in [4.69, 9.17) is 5.73 Å². The summed E-state index contributed by atoms with van der Waals surface area (Å²) in [6, 6.07) is 1.74. The van der Waals surface area contributed by atoms with E-state index in [0.717, 1.165) is 24.8 Å². The van der Waals surface area contributed by atoms with Crippen LogP contribution in [-0.2, 0) is 16.0 Å². The van der Waals surface area contributed by atoms with Crippen LogP contribution in [-0.4, -0.2) is 63.7 Å². The molecule has 0 spiro atoms. The predicted molar refractivity (Wildman–Crippen MR) is 134 cm³/mol. The Bertz CT molecular complexity index is 1360. The first-order valence-electron chi connectivity index (χ1n) is 12.5. The van der Waals surface area contributed by atoms with Crippen LogP contribution in [0.5, 0.6) is 5.75 Å². The van der Waals surface area contributed by atoms with Crippen molar-refractivity contribution < 1.29 is 34.8 Å². The van der Waals surface area contributed by atoms with Crippen LogP contribution >= 0.6 is 0 Å². The number of carbonyl (C=O) groups excluding carboxylic acids is 3. The Morgan fingerprint density at radius 3 is 2.54 bits per heavy atom. The van der Waals surface area contributed by atoms with Crippen LogP contribution in [0.3, 0.4) is 0 Å². The van der Waals surface area contributed by atoms with Crippen LogP contribution in [0, 0.1) is 29.6 Å². The summed E-state index contributed by atoms with van der Waals surface area (Å²) < 4.78 is 0. The number of carbonyl (C=O) groups is 3. The van der Waals surface area contributed by atoms with Gasteiger partial charge in [-0.25, -0.2) is 0 Å². The third-order valence-electron chi connectivity index (χ3n) is 8.25. The van der Waals surface area contributed by atoms with E-state index < -0.39 is 52.7 Å². The summed E-state index contributed by atoms with van der Waals surface area (Å²) in [6.07, 6.45) is 3.73. The average molecular weight is 507 g/mol. The molecule has 5 atom stereocenters. The first kappa shape index (κ1) is 25.1. The SMILES string of the molecule is CN(C)c1cc(C#CC2=CCCC2)c(O)c2c1C[C@H]1C[C@H]3CC(O)C(C(N)=O)C(=O)[C@@]3(O)C(O)=C1C2=O. The summed E-state index contributed by atoms with van der Waals surface area (Å²) in [4.78, 5) is 40.7. The van der Waals surface area contributed by atoms with Crippen LogP contribution in [0.15, 0.2) is 29.0 Å². The molecule has 4 aliphatic carbocycles. The molecule has 2 unspecified atom stereocenters. The lowest BCUT2D eigenvalue weighted by Crippen LogP contribution is -2.63. The Morgan fingerprint density at radius 2 is 1.92 bits per heavy atom. The van der Waals surface area contributed by atoms with E-state index in [1.807, 2.05) is 25.1 Å². The van der Waals surface area contributed by atoms with Gasteiger partial charge in [0.25, 0.3) is 0 Å². The predicted octanol–water partition coefficient (Wildman–Crippen LogP) is 1.27. The molecule has 5 rings (SSSR count). The molecule has 1 aromatic rings. The van der Waals surface area contributed by atoms with Gasteiger partial charge in [0.1, 0.15) is 17.4 Å². The van der Waals surface area contributed by atoms with E-state index in [1.54, 1.807) is 6.07 Å². The highest BCUT2D eigenvalue weighted by atomic mass is 16.3. The van der Waals surface area contributed by atoms with Gasteiger partial charge in [0.05, 0.1) is 17.2 Å². The van der Waals surface area contributed by atoms with Crippen molar-refractivity contribution in [2.24, 2.45) is 23.5 Å². The molecule has 1 aromatic carbocycles. The number of Topliss-reactive ketones (excluding diaryl/α,β-unsaturated/α-hetero) is 2. The van der Waals surface area contributed by atoms with E-state index in [9.17, 15) is 34.8 Å². The summed E-state index contributed by atoms with van der Waals surface area (Å²) in [5.74, 6) is -1.20. The lowest BCUT2D eigenvalue weighted by atomic mass is 9.57. The Labute approximate surface area is 214 Å². The highest BCUT2D eigenvalue weighted by Gasteiger charge is 2.62. The molecule has 9 heteroatoms. The summed E-state index contributed by atoms with van der Waals surface area (Å²) >= 11 is 0. The lowest BCUT2D eigenvalue weighted by molar-refractivity contribution is -0.167. The number of ketones is 2. The number of amides is 1. The topological polar surface area (TPSA) is 161 Å². The Kier molecular flexibility index (Phi) is 5.93. The summed E-state index contributed by atoms with van der Waals surface area (Å²) in [5, 5.41) is 44.2. The van der Waals surface area contributed by atoms with Gasteiger partial charge < -0.3 is 31.1 Å². The number of hydrogen-bond donors (Lipinski definition) is 5. The molecule has 4 aliphatic rings. The fourth-order valence-corrected chi connectivity index (χ4v) is 6.40. The smallest absolute Gasteiger partial charge is 0.230 e. The second kappa shape index (κ2) is 8.75. The average Bonchev–Trinajstić information content (AvgIpc) is 3.34. The standard InChI is InChI=1S/C28H30N2O7/c1-30(2)18-11-14(8-7-13-5-3-4-6-13)23(32)21-17(18)10-15-9-16-12-19(31)22(27(29)36)26(35)28(16,37)25(34)20(15)24(21)33/h5,11,15-16,19,22,31-32,34,37H,3-4,6,9-10,12H2,1-2H3,(H2,29,36)/t15-,16+,19?,22?,28+/m1/s1. The number of benzene rings is 1. The fraction of sp³-hybridized carbons (Fsp3) is 0.464. The van der Waals surface area contributed by atoms with E-state index in [2.05, 4.69) is 11.8 Å². The number of rotatable bonds is 2. The first-order valence-corrected chi connectivity index (χ1v) is 12.5. The monoisotopic (exact) mass is 506 g/mol. The maximum Gasteiger partial charge on any atom is 0.230 e. The van der Waals surface area contributed by atoms with E-state index in [-0.39, 0.29) is 41.7 Å². The van der Waals surface area contributed by atoms with Crippen molar-refractivity contribution in [1.29, 1.82) is 0 Å². The van der Waals surface area contributed by atoms with Gasteiger partial charge in [0.2, 0.25) is 5.91 Å². The summed E-state index contributed by atoms with van der Waals surface area (Å²) in [7, 11) is 3.63. The molecule has 1 amide bonds. The molecule has 37 heavy (non-hydrogen) atoms. The molecule has 6 N–H and O–H groups in total. The fourth-order valence-electron chi connectivity index (χ4n) is 6.40. The van der Waals surface area contributed by atoms with Gasteiger partial charge in [0, 0.05) is 31.3 Å². The van der Waals surface area contributed by atoms with Crippen molar-refractivity contribution in [3.05, 3.63) is 45.7 Å². The third-order valence-corrected chi connectivity index (χ3v) is 8.25. The molecule has 0 bridgehead atoms. The van der Waals surface area contributed by atoms with Crippen LogP contribution in [0.1, 0.15) is 53.6 Å². The van der Waals surface area contributed by atoms with Crippen LogP contribution < -0.4 is 10.6 Å². The first-order chi connectivity index (χ1) is 17.5. The van der Waals surface area contributed by atoms with Gasteiger partial charge in [-0.2, -0.15) is 0 Å². The van der Waals surface area contributed by atoms with Crippen molar-refractivity contribution in [1.82, 2.24) is 0 Å². The number of primary amides is 1. The molecule has 9 nitrogen and oxygen atoms in total. The van der Waals surface area contributed by atoms with Gasteiger partial charge in [-0.05, 0) is 61.6 Å². The number of anilines is 1. The number of aromatic hydroxyl groups is 1. The minimum absolute atomic E-state index is 0.0227. The van der Waals surface area contributed by atoms with E-state index >= 15 is 0 Å². The van der Waals surface area contributed by atoms with E-state index in [1.165, 1.54) is 0 Å². The molecule has 1 fully saturated rings. The maximum absolute atomic E-state index is 13.9. The lowest BCUT2D eigenvalue weighted by Gasteiger charge is -2.48. The second-order valence-electron chi connectivity index (χ2n) is 10.7. The molecular formula is C28H30N2O7.